The van der Waals surface area contributed by atoms with Gasteiger partial charge in [-0.15, -0.1) is 0 Å². The molecular formula is C15H23ClN2. The molecule has 3 heteroatoms. The summed E-state index contributed by atoms with van der Waals surface area (Å²) < 4.78 is 0. The second-order valence-corrected chi connectivity index (χ2v) is 5.71. The van der Waals surface area contributed by atoms with Gasteiger partial charge in [-0.05, 0) is 62.9 Å². The van der Waals surface area contributed by atoms with E-state index in [-0.39, 0.29) is 0 Å². The molecule has 1 aliphatic heterocycles. The van der Waals surface area contributed by atoms with Crippen LogP contribution in [0, 0.1) is 12.8 Å². The maximum atomic E-state index is 6.17. The molecule has 1 unspecified atom stereocenters. The topological polar surface area (TPSA) is 15.3 Å². The van der Waals surface area contributed by atoms with Crippen molar-refractivity contribution in [3.8, 4) is 0 Å². The minimum Gasteiger partial charge on any atom is -0.374 e. The van der Waals surface area contributed by atoms with E-state index in [1.807, 2.05) is 12.1 Å². The molecule has 1 aromatic carbocycles. The molecule has 0 spiro atoms. The maximum absolute atomic E-state index is 6.17. The zero-order chi connectivity index (χ0) is 13.0. The molecule has 0 radical (unpaired) electrons. The van der Waals surface area contributed by atoms with Crippen LogP contribution in [0.15, 0.2) is 18.2 Å². The van der Waals surface area contributed by atoms with Crippen LogP contribution in [0.4, 0.5) is 5.69 Å². The lowest BCUT2D eigenvalue weighted by atomic mass is 9.96. The minimum atomic E-state index is 0.834. The lowest BCUT2D eigenvalue weighted by Crippen LogP contribution is -2.32. The molecule has 1 aliphatic rings. The van der Waals surface area contributed by atoms with E-state index < -0.39 is 0 Å². The summed E-state index contributed by atoms with van der Waals surface area (Å²) in [6, 6.07) is 6.14. The first-order valence-corrected chi connectivity index (χ1v) is 7.23. The summed E-state index contributed by atoms with van der Waals surface area (Å²) in [6.45, 7) is 5.58. The zero-order valence-electron chi connectivity index (χ0n) is 11.4. The first-order valence-electron chi connectivity index (χ1n) is 6.85. The third-order valence-corrected chi connectivity index (χ3v) is 4.33. The molecule has 0 aliphatic carbocycles. The van der Waals surface area contributed by atoms with Crippen LogP contribution >= 0.6 is 11.6 Å². The Balaban J connectivity index is 1.90. The minimum absolute atomic E-state index is 0.834. The summed E-state index contributed by atoms with van der Waals surface area (Å²) in [6.07, 6.45) is 3.95. The monoisotopic (exact) mass is 266 g/mol. The van der Waals surface area contributed by atoms with Gasteiger partial charge in [-0.2, -0.15) is 0 Å². The summed E-state index contributed by atoms with van der Waals surface area (Å²) in [5.41, 5.74) is 2.44. The molecule has 0 saturated carbocycles. The van der Waals surface area contributed by atoms with Crippen LogP contribution in [-0.4, -0.2) is 26.7 Å². The number of benzene rings is 1. The van der Waals surface area contributed by atoms with Gasteiger partial charge in [-0.1, -0.05) is 17.7 Å². The van der Waals surface area contributed by atoms with Gasteiger partial charge in [0.1, 0.15) is 0 Å². The van der Waals surface area contributed by atoms with Crippen molar-refractivity contribution in [3.63, 3.8) is 0 Å². The highest BCUT2D eigenvalue weighted by molar-refractivity contribution is 6.31. The smallest absolute Gasteiger partial charge is 0.0455 e. The first kappa shape index (κ1) is 13.7. The number of anilines is 1. The Morgan fingerprint density at radius 3 is 3.00 bits per heavy atom. The molecule has 100 valence electrons. The largest absolute Gasteiger partial charge is 0.374 e. The van der Waals surface area contributed by atoms with E-state index in [0.717, 1.165) is 17.5 Å². The van der Waals surface area contributed by atoms with Gasteiger partial charge in [-0.25, -0.2) is 0 Å². The Morgan fingerprint density at radius 1 is 1.44 bits per heavy atom. The highest BCUT2D eigenvalue weighted by Crippen LogP contribution is 2.26. The number of rotatable bonds is 4. The summed E-state index contributed by atoms with van der Waals surface area (Å²) in [7, 11) is 2.16. The van der Waals surface area contributed by atoms with Gasteiger partial charge in [-0.3, -0.25) is 0 Å². The quantitative estimate of drug-likeness (QED) is 0.898. The first-order chi connectivity index (χ1) is 8.68. The molecule has 1 aromatic rings. The van der Waals surface area contributed by atoms with Crippen LogP contribution in [0.3, 0.4) is 0 Å². The molecule has 1 atom stereocenters. The molecule has 0 aromatic heterocycles. The van der Waals surface area contributed by atoms with Crippen molar-refractivity contribution in [2.45, 2.75) is 26.2 Å². The van der Waals surface area contributed by atoms with Crippen molar-refractivity contribution in [2.75, 3.05) is 31.6 Å². The van der Waals surface area contributed by atoms with Crippen LogP contribution in [0.5, 0.6) is 0 Å². The maximum Gasteiger partial charge on any atom is 0.0455 e. The fourth-order valence-electron chi connectivity index (χ4n) is 2.68. The van der Waals surface area contributed by atoms with Gasteiger partial charge in [0, 0.05) is 24.3 Å². The molecular weight excluding hydrogens is 244 g/mol. The van der Waals surface area contributed by atoms with Crippen molar-refractivity contribution < 1.29 is 0 Å². The number of nitrogens with zero attached hydrogens (tertiary/aromatic N) is 1. The number of piperidine rings is 1. The molecule has 2 rings (SSSR count). The Morgan fingerprint density at radius 2 is 2.28 bits per heavy atom. The van der Waals surface area contributed by atoms with E-state index in [1.54, 1.807) is 0 Å². The Labute approximate surface area is 115 Å². The van der Waals surface area contributed by atoms with E-state index in [4.69, 9.17) is 11.6 Å². The zero-order valence-corrected chi connectivity index (χ0v) is 12.1. The predicted octanol–water partition coefficient (Wildman–Crippen LogP) is 3.47. The number of hydrogen-bond donors (Lipinski definition) is 1. The fraction of sp³-hybridized carbons (Fsp3) is 0.600. The van der Waals surface area contributed by atoms with Gasteiger partial charge in [0.2, 0.25) is 0 Å². The molecule has 2 nitrogen and oxygen atoms in total. The van der Waals surface area contributed by atoms with Crippen molar-refractivity contribution in [1.29, 1.82) is 0 Å². The highest BCUT2D eigenvalue weighted by Gasteiger charge is 2.14. The Bertz CT molecular complexity index is 386. The number of hydrogen-bond acceptors (Lipinski definition) is 2. The molecule has 1 heterocycles. The average Bonchev–Trinajstić information content (AvgIpc) is 2.40. The number of nitrogens with one attached hydrogen (secondary N) is 1. The van der Waals surface area contributed by atoms with Gasteiger partial charge in [0.25, 0.3) is 0 Å². The predicted molar refractivity (Wildman–Crippen MR) is 79.7 cm³/mol. The summed E-state index contributed by atoms with van der Waals surface area (Å²) in [5.74, 6) is 0.834. The molecule has 18 heavy (non-hydrogen) atoms. The van der Waals surface area contributed by atoms with E-state index in [2.05, 4.69) is 30.3 Å². The van der Waals surface area contributed by atoms with Gasteiger partial charge < -0.3 is 10.2 Å². The van der Waals surface area contributed by atoms with E-state index in [0.29, 0.717) is 0 Å². The van der Waals surface area contributed by atoms with Crippen LogP contribution in [0.1, 0.15) is 24.8 Å². The lowest BCUT2D eigenvalue weighted by molar-refractivity contribution is 0.360. The Hall–Kier alpha value is -0.730. The summed E-state index contributed by atoms with van der Waals surface area (Å²) >= 11 is 6.17. The van der Waals surface area contributed by atoms with E-state index in [1.165, 1.54) is 43.6 Å². The van der Waals surface area contributed by atoms with E-state index in [9.17, 15) is 0 Å². The molecule has 1 fully saturated rings. The van der Waals surface area contributed by atoms with Gasteiger partial charge in [0.05, 0.1) is 0 Å². The summed E-state index contributed by atoms with van der Waals surface area (Å²) in [5, 5.41) is 4.34. The third kappa shape index (κ3) is 3.39. The second-order valence-electron chi connectivity index (χ2n) is 5.31. The van der Waals surface area contributed by atoms with Crippen molar-refractivity contribution in [1.82, 2.24) is 5.32 Å². The second kappa shape index (κ2) is 6.44. The van der Waals surface area contributed by atoms with Gasteiger partial charge in [0.15, 0.2) is 0 Å². The van der Waals surface area contributed by atoms with Crippen LogP contribution < -0.4 is 10.2 Å². The molecule has 1 N–H and O–H groups in total. The van der Waals surface area contributed by atoms with E-state index >= 15 is 0 Å². The van der Waals surface area contributed by atoms with Crippen LogP contribution in [-0.2, 0) is 0 Å². The van der Waals surface area contributed by atoms with Crippen molar-refractivity contribution >= 4 is 17.3 Å². The number of halogens is 1. The standard InChI is InChI=1S/C15H23ClN2/c1-12-14(16)6-3-7-15(12)18(2)10-8-13-5-4-9-17-11-13/h3,6-7,13,17H,4-5,8-11H2,1-2H3. The third-order valence-electron chi connectivity index (χ3n) is 3.92. The van der Waals surface area contributed by atoms with Gasteiger partial charge >= 0.3 is 0 Å². The van der Waals surface area contributed by atoms with Crippen LogP contribution in [0.25, 0.3) is 0 Å². The molecule has 1 saturated heterocycles. The van der Waals surface area contributed by atoms with Crippen LogP contribution in [0.2, 0.25) is 5.02 Å². The average molecular weight is 267 g/mol. The van der Waals surface area contributed by atoms with Crippen molar-refractivity contribution in [2.24, 2.45) is 5.92 Å². The van der Waals surface area contributed by atoms with Crippen molar-refractivity contribution in [3.05, 3.63) is 28.8 Å². The lowest BCUT2D eigenvalue weighted by Gasteiger charge is -2.27. The highest BCUT2D eigenvalue weighted by atomic mass is 35.5. The SMILES string of the molecule is Cc1c(Cl)cccc1N(C)CCC1CCCNC1. The molecule has 0 bridgehead atoms. The normalized spacial score (nSPS) is 19.8. The molecule has 0 amide bonds. The Kier molecular flexibility index (Phi) is 4.90. The summed E-state index contributed by atoms with van der Waals surface area (Å²) in [4.78, 5) is 2.33. The fourth-order valence-corrected chi connectivity index (χ4v) is 2.85.